The van der Waals surface area contributed by atoms with E-state index in [2.05, 4.69) is 47.8 Å². The van der Waals surface area contributed by atoms with Crippen LogP contribution in [0.25, 0.3) is 11.1 Å². The Kier molecular flexibility index (Phi) is 14.8. The second kappa shape index (κ2) is 20.5. The molecule has 59 heavy (non-hydrogen) atoms. The fourth-order valence-electron chi connectivity index (χ4n) is 7.59. The molecule has 0 spiro atoms. The monoisotopic (exact) mass is 792 g/mol. The molecule has 9 nitrogen and oxygen atoms in total. The molecule has 1 N–H and O–H groups in total. The van der Waals surface area contributed by atoms with Gasteiger partial charge in [-0.15, -0.1) is 0 Å². The lowest BCUT2D eigenvalue weighted by Gasteiger charge is -2.31. The maximum absolute atomic E-state index is 14.4. The molecule has 0 saturated heterocycles. The van der Waals surface area contributed by atoms with E-state index in [1.54, 1.807) is 30.3 Å². The highest BCUT2D eigenvalue weighted by molar-refractivity contribution is 6.46. The van der Waals surface area contributed by atoms with Crippen molar-refractivity contribution in [3.63, 3.8) is 0 Å². The van der Waals surface area contributed by atoms with Gasteiger partial charge < -0.3 is 24.3 Å². The molecule has 1 atom stereocenters. The van der Waals surface area contributed by atoms with Gasteiger partial charge in [-0.1, -0.05) is 111 Å². The fourth-order valence-corrected chi connectivity index (χ4v) is 7.59. The first-order valence-corrected chi connectivity index (χ1v) is 20.3. The second-order valence-electron chi connectivity index (χ2n) is 14.6. The maximum atomic E-state index is 14.4. The molecule has 5 aromatic rings. The van der Waals surface area contributed by atoms with Crippen LogP contribution in [0.3, 0.4) is 0 Å². The number of ketones is 2. The Labute approximate surface area is 346 Å². The standard InChI is InChI=1S/C50H52N2O7/c1-4-36-23-28-42(29-24-36)52(43-30-25-38(26-31-43)47(54)45(22-15-33-58-5-2)51-59-49(56)39-18-11-7-12-19-39)46-32-27-40(34-44(46)37-16-9-6-10-17-37)48(55)50(35-53,57-3)41-20-13-8-14-21-41/h5-6,8-10,13-14,16-17,20-21,23-32,34,39,53H,2,4,7,11-12,15,18-19,22,33,35H2,1,3H3/b51-45+. The first kappa shape index (κ1) is 42.4. The van der Waals surface area contributed by atoms with E-state index in [1.807, 2.05) is 72.8 Å². The normalized spacial score (nSPS) is 14.2. The zero-order valence-electron chi connectivity index (χ0n) is 33.8. The number of carbonyl (C=O) groups excluding carboxylic acids is 3. The van der Waals surface area contributed by atoms with Crippen LogP contribution in [0.15, 0.2) is 145 Å². The van der Waals surface area contributed by atoms with Gasteiger partial charge in [-0.2, -0.15) is 0 Å². The number of methoxy groups -OCH3 is 1. The van der Waals surface area contributed by atoms with E-state index in [-0.39, 0.29) is 29.6 Å². The van der Waals surface area contributed by atoms with Crippen molar-refractivity contribution in [3.8, 4) is 11.1 Å². The molecule has 1 aliphatic rings. The predicted molar refractivity (Wildman–Crippen MR) is 232 cm³/mol. The van der Waals surface area contributed by atoms with Crippen LogP contribution in [0.5, 0.6) is 0 Å². The molecule has 0 heterocycles. The molecule has 0 radical (unpaired) electrons. The van der Waals surface area contributed by atoms with Crippen molar-refractivity contribution in [2.24, 2.45) is 11.1 Å². The minimum Gasteiger partial charge on any atom is -0.502 e. The summed E-state index contributed by atoms with van der Waals surface area (Å²) in [4.78, 5) is 48.8. The van der Waals surface area contributed by atoms with E-state index >= 15 is 0 Å². The molecule has 0 amide bonds. The molecule has 1 aliphatic carbocycles. The van der Waals surface area contributed by atoms with Gasteiger partial charge in [-0.25, -0.2) is 4.79 Å². The predicted octanol–water partition coefficient (Wildman–Crippen LogP) is 10.7. The number of aliphatic hydroxyl groups is 1. The van der Waals surface area contributed by atoms with Gasteiger partial charge in [0.05, 0.1) is 31.1 Å². The number of anilines is 3. The first-order valence-electron chi connectivity index (χ1n) is 20.3. The molecule has 0 aliphatic heterocycles. The fraction of sp³-hybridized carbons (Fsp3) is 0.280. The highest BCUT2D eigenvalue weighted by Crippen LogP contribution is 2.42. The number of benzene rings is 5. The third-order valence-electron chi connectivity index (χ3n) is 11.0. The molecule has 1 unspecified atom stereocenters. The SMILES string of the molecule is C=COCCC/C(=N\OC(=O)C1CCCCC1)C(=O)c1ccc(N(c2ccc(CC)cc2)c2ccc(C(=O)C(CO)(OC)c3ccccc3)cc2-c2ccccc2)cc1. The molecule has 5 aromatic carbocycles. The highest BCUT2D eigenvalue weighted by atomic mass is 16.7. The Hall–Kier alpha value is -6.16. The molecule has 1 fully saturated rings. The van der Waals surface area contributed by atoms with Crippen LogP contribution in [-0.2, 0) is 31.1 Å². The smallest absolute Gasteiger partial charge is 0.338 e. The van der Waals surface area contributed by atoms with Gasteiger partial charge in [-0.3, -0.25) is 9.59 Å². The number of rotatable bonds is 19. The van der Waals surface area contributed by atoms with Crippen LogP contribution < -0.4 is 4.90 Å². The maximum Gasteiger partial charge on any atom is 0.338 e. The van der Waals surface area contributed by atoms with E-state index in [1.165, 1.54) is 18.9 Å². The minimum absolute atomic E-state index is 0.138. The Morgan fingerprint density at radius 1 is 0.831 bits per heavy atom. The van der Waals surface area contributed by atoms with Gasteiger partial charge in [0.1, 0.15) is 5.71 Å². The number of hydrogen-bond donors (Lipinski definition) is 1. The van der Waals surface area contributed by atoms with Gasteiger partial charge in [0, 0.05) is 41.6 Å². The summed E-state index contributed by atoms with van der Waals surface area (Å²) in [7, 11) is 1.43. The number of carbonyl (C=O) groups is 3. The molecule has 0 aromatic heterocycles. The van der Waals surface area contributed by atoms with E-state index in [0.717, 1.165) is 66.7 Å². The van der Waals surface area contributed by atoms with Crippen molar-refractivity contribution in [1.82, 2.24) is 0 Å². The molecule has 6 rings (SSSR count). The molecule has 9 heteroatoms. The lowest BCUT2D eigenvalue weighted by Crippen LogP contribution is -2.41. The average molecular weight is 793 g/mol. The van der Waals surface area contributed by atoms with Crippen molar-refractivity contribution >= 4 is 40.3 Å². The van der Waals surface area contributed by atoms with Gasteiger partial charge in [0.15, 0.2) is 5.60 Å². The molecule has 0 bridgehead atoms. The van der Waals surface area contributed by atoms with Crippen molar-refractivity contribution < 1.29 is 33.8 Å². The highest BCUT2D eigenvalue weighted by Gasteiger charge is 2.41. The van der Waals surface area contributed by atoms with Gasteiger partial charge in [0.2, 0.25) is 11.6 Å². The van der Waals surface area contributed by atoms with Crippen LogP contribution in [0, 0.1) is 5.92 Å². The van der Waals surface area contributed by atoms with E-state index < -0.39 is 18.2 Å². The molecular weight excluding hydrogens is 741 g/mol. The Morgan fingerprint density at radius 3 is 2.07 bits per heavy atom. The Morgan fingerprint density at radius 2 is 1.46 bits per heavy atom. The van der Waals surface area contributed by atoms with Crippen molar-refractivity contribution in [3.05, 3.63) is 162 Å². The number of nitrogens with zero attached hydrogens (tertiary/aromatic N) is 2. The summed E-state index contributed by atoms with van der Waals surface area (Å²) in [6, 6.07) is 39.9. The van der Waals surface area contributed by atoms with Gasteiger partial charge >= 0.3 is 5.97 Å². The third kappa shape index (κ3) is 9.94. The van der Waals surface area contributed by atoms with E-state index in [9.17, 15) is 19.5 Å². The summed E-state index contributed by atoms with van der Waals surface area (Å²) in [5, 5.41) is 14.8. The number of Topliss-reactive ketones (excluding diaryl/α,β-unsaturated/α-hetero) is 2. The summed E-state index contributed by atoms with van der Waals surface area (Å²) >= 11 is 0. The lowest BCUT2D eigenvalue weighted by atomic mass is 9.85. The van der Waals surface area contributed by atoms with Crippen molar-refractivity contribution in [2.75, 3.05) is 25.2 Å². The largest absolute Gasteiger partial charge is 0.502 e. The van der Waals surface area contributed by atoms with Crippen molar-refractivity contribution in [2.45, 2.75) is 63.9 Å². The van der Waals surface area contributed by atoms with Crippen LogP contribution in [0.1, 0.15) is 83.7 Å². The second-order valence-corrected chi connectivity index (χ2v) is 14.6. The van der Waals surface area contributed by atoms with Gasteiger partial charge in [-0.05, 0) is 97.0 Å². The zero-order chi connectivity index (χ0) is 41.6. The summed E-state index contributed by atoms with van der Waals surface area (Å²) in [6.45, 7) is 5.48. The number of oxime groups is 1. The van der Waals surface area contributed by atoms with Crippen LogP contribution in [0.4, 0.5) is 17.1 Å². The number of hydrogen-bond acceptors (Lipinski definition) is 9. The number of ether oxygens (including phenoxy) is 2. The van der Waals surface area contributed by atoms with Crippen molar-refractivity contribution in [1.29, 1.82) is 0 Å². The summed E-state index contributed by atoms with van der Waals surface area (Å²) in [5.41, 5.74) is 5.04. The lowest BCUT2D eigenvalue weighted by molar-refractivity contribution is -0.149. The summed E-state index contributed by atoms with van der Waals surface area (Å²) in [6.07, 6.45) is 7.53. The van der Waals surface area contributed by atoms with E-state index in [0.29, 0.717) is 29.7 Å². The summed E-state index contributed by atoms with van der Waals surface area (Å²) < 4.78 is 11.1. The van der Waals surface area contributed by atoms with Crippen LogP contribution in [0.2, 0.25) is 0 Å². The molecule has 304 valence electrons. The minimum atomic E-state index is -1.61. The molecular formula is C50H52N2O7. The Bertz CT molecular complexity index is 2210. The van der Waals surface area contributed by atoms with E-state index in [4.69, 9.17) is 14.3 Å². The first-order chi connectivity index (χ1) is 28.8. The van der Waals surface area contributed by atoms with Crippen LogP contribution in [-0.4, -0.2) is 48.7 Å². The quantitative estimate of drug-likeness (QED) is 0.0219. The zero-order valence-corrected chi connectivity index (χ0v) is 33.8. The summed E-state index contributed by atoms with van der Waals surface area (Å²) in [5.74, 6) is -1.33. The Balaban J connectivity index is 1.40. The molecule has 1 saturated carbocycles. The van der Waals surface area contributed by atoms with Gasteiger partial charge in [0.25, 0.3) is 0 Å². The number of aliphatic hydroxyl groups excluding tert-OH is 1. The number of aryl methyl sites for hydroxylation is 1. The third-order valence-corrected chi connectivity index (χ3v) is 11.0. The average Bonchev–Trinajstić information content (AvgIpc) is 3.30. The van der Waals surface area contributed by atoms with Crippen LogP contribution >= 0.6 is 0 Å². The topological polar surface area (TPSA) is 115 Å².